The summed E-state index contributed by atoms with van der Waals surface area (Å²) >= 11 is 0. The minimum Gasteiger partial charge on any atom is -0.478 e. The van der Waals surface area contributed by atoms with E-state index < -0.39 is 11.9 Å². The number of esters is 1. The highest BCUT2D eigenvalue weighted by molar-refractivity contribution is 6.00. The van der Waals surface area contributed by atoms with E-state index >= 15 is 0 Å². The molecule has 2 aromatic rings. The molecule has 2 heterocycles. The molecule has 0 fully saturated rings. The number of carbonyl (C=O) groups is 2. The summed E-state index contributed by atoms with van der Waals surface area (Å²) in [6, 6.07) is 5.10. The van der Waals surface area contributed by atoms with Crippen molar-refractivity contribution in [2.45, 2.75) is 6.92 Å². The first-order valence-corrected chi connectivity index (χ1v) is 5.55. The molecule has 0 aliphatic rings. The number of carboxylic acids is 1. The van der Waals surface area contributed by atoms with Crippen LogP contribution in [0.25, 0.3) is 5.82 Å². The van der Waals surface area contributed by atoms with Crippen LogP contribution in [0.15, 0.2) is 30.6 Å². The molecular weight excluding hydrogens is 250 g/mol. The summed E-state index contributed by atoms with van der Waals surface area (Å²) in [6.07, 6.45) is 2.78. The number of rotatable bonds is 4. The summed E-state index contributed by atoms with van der Waals surface area (Å²) in [5, 5.41) is 13.0. The van der Waals surface area contributed by atoms with Crippen LogP contribution in [0.1, 0.15) is 27.8 Å². The molecule has 0 radical (unpaired) electrons. The fourth-order valence-corrected chi connectivity index (χ4v) is 1.49. The van der Waals surface area contributed by atoms with Gasteiger partial charge in [0.1, 0.15) is 5.56 Å². The largest absolute Gasteiger partial charge is 0.478 e. The SMILES string of the molecule is CCOC(=O)c1nn(-c2ccccn2)cc1C(=O)O. The lowest BCUT2D eigenvalue weighted by molar-refractivity contribution is 0.0507. The summed E-state index contributed by atoms with van der Waals surface area (Å²) < 4.78 is 6.00. The molecule has 7 heteroatoms. The van der Waals surface area contributed by atoms with Crippen LogP contribution in [-0.2, 0) is 4.74 Å². The van der Waals surface area contributed by atoms with Crippen molar-refractivity contribution in [1.82, 2.24) is 14.8 Å². The van der Waals surface area contributed by atoms with Gasteiger partial charge < -0.3 is 9.84 Å². The van der Waals surface area contributed by atoms with Gasteiger partial charge in [0, 0.05) is 12.4 Å². The Balaban J connectivity index is 2.47. The zero-order chi connectivity index (χ0) is 13.8. The van der Waals surface area contributed by atoms with E-state index in [0.29, 0.717) is 5.82 Å². The minimum atomic E-state index is -1.25. The van der Waals surface area contributed by atoms with E-state index in [1.54, 1.807) is 31.3 Å². The number of ether oxygens (including phenoxy) is 1. The highest BCUT2D eigenvalue weighted by Crippen LogP contribution is 2.12. The average Bonchev–Trinajstić information content (AvgIpc) is 2.85. The van der Waals surface area contributed by atoms with Gasteiger partial charge in [-0.3, -0.25) is 0 Å². The van der Waals surface area contributed by atoms with Crippen LogP contribution in [0.4, 0.5) is 0 Å². The zero-order valence-electron chi connectivity index (χ0n) is 10.1. The first-order valence-electron chi connectivity index (χ1n) is 5.55. The number of hydrogen-bond acceptors (Lipinski definition) is 5. The molecular formula is C12H11N3O4. The maximum Gasteiger partial charge on any atom is 0.359 e. The third-order valence-corrected chi connectivity index (χ3v) is 2.30. The molecule has 7 nitrogen and oxygen atoms in total. The topological polar surface area (TPSA) is 94.3 Å². The Labute approximate surface area is 108 Å². The van der Waals surface area contributed by atoms with Crippen LogP contribution in [0.3, 0.4) is 0 Å². The number of aromatic carboxylic acids is 1. The molecule has 2 aromatic heterocycles. The van der Waals surface area contributed by atoms with E-state index in [-0.39, 0.29) is 17.9 Å². The Bertz CT molecular complexity index is 607. The fourth-order valence-electron chi connectivity index (χ4n) is 1.49. The van der Waals surface area contributed by atoms with Gasteiger partial charge in [-0.1, -0.05) is 6.07 Å². The number of hydrogen-bond donors (Lipinski definition) is 1. The van der Waals surface area contributed by atoms with E-state index in [1.165, 1.54) is 10.9 Å². The molecule has 2 rings (SSSR count). The van der Waals surface area contributed by atoms with Crippen molar-refractivity contribution in [1.29, 1.82) is 0 Å². The van der Waals surface area contributed by atoms with Gasteiger partial charge in [0.05, 0.1) is 6.61 Å². The Hall–Kier alpha value is -2.70. The van der Waals surface area contributed by atoms with E-state index in [4.69, 9.17) is 9.84 Å². The lowest BCUT2D eigenvalue weighted by atomic mass is 10.2. The second-order valence-corrected chi connectivity index (χ2v) is 3.55. The van der Waals surface area contributed by atoms with Crippen LogP contribution in [-0.4, -0.2) is 38.4 Å². The molecule has 0 aliphatic carbocycles. The Morgan fingerprint density at radius 1 is 1.42 bits per heavy atom. The van der Waals surface area contributed by atoms with Crippen molar-refractivity contribution >= 4 is 11.9 Å². The van der Waals surface area contributed by atoms with Gasteiger partial charge in [-0.15, -0.1) is 0 Å². The Morgan fingerprint density at radius 2 is 2.21 bits per heavy atom. The molecule has 0 amide bonds. The maximum absolute atomic E-state index is 11.6. The summed E-state index contributed by atoms with van der Waals surface area (Å²) in [5.74, 6) is -1.60. The molecule has 0 saturated heterocycles. The van der Waals surface area contributed by atoms with Crippen LogP contribution < -0.4 is 0 Å². The smallest absolute Gasteiger partial charge is 0.359 e. The van der Waals surface area contributed by atoms with Crippen LogP contribution in [0.5, 0.6) is 0 Å². The van der Waals surface area contributed by atoms with Crippen LogP contribution in [0, 0.1) is 0 Å². The molecule has 19 heavy (non-hydrogen) atoms. The normalized spacial score (nSPS) is 10.2. The molecule has 0 saturated carbocycles. The van der Waals surface area contributed by atoms with Crippen molar-refractivity contribution < 1.29 is 19.4 Å². The molecule has 0 aromatic carbocycles. The number of carbonyl (C=O) groups excluding carboxylic acids is 1. The third-order valence-electron chi connectivity index (χ3n) is 2.30. The molecule has 1 N–H and O–H groups in total. The predicted octanol–water partition coefficient (Wildman–Crippen LogP) is 1.14. The Morgan fingerprint density at radius 3 is 2.79 bits per heavy atom. The van der Waals surface area contributed by atoms with E-state index in [1.807, 2.05) is 0 Å². The zero-order valence-corrected chi connectivity index (χ0v) is 10.1. The molecule has 0 unspecified atom stereocenters. The fraction of sp³-hybridized carbons (Fsp3) is 0.167. The summed E-state index contributed by atoms with van der Waals surface area (Å²) in [7, 11) is 0. The average molecular weight is 261 g/mol. The highest BCUT2D eigenvalue weighted by atomic mass is 16.5. The molecule has 0 spiro atoms. The van der Waals surface area contributed by atoms with Crippen molar-refractivity contribution in [3.8, 4) is 5.82 Å². The quantitative estimate of drug-likeness (QED) is 0.829. The van der Waals surface area contributed by atoms with Crippen molar-refractivity contribution in [3.63, 3.8) is 0 Å². The summed E-state index contributed by atoms with van der Waals surface area (Å²) in [4.78, 5) is 26.7. The van der Waals surface area contributed by atoms with Gasteiger partial charge >= 0.3 is 11.9 Å². The van der Waals surface area contributed by atoms with Gasteiger partial charge in [-0.05, 0) is 19.1 Å². The highest BCUT2D eigenvalue weighted by Gasteiger charge is 2.23. The standard InChI is InChI=1S/C12H11N3O4/c1-2-19-12(18)10-8(11(16)17)7-15(14-10)9-5-3-4-6-13-9/h3-7H,2H2,1H3,(H,16,17). The van der Waals surface area contributed by atoms with Crippen LogP contribution in [0.2, 0.25) is 0 Å². The number of nitrogens with zero attached hydrogens (tertiary/aromatic N) is 3. The summed E-state index contributed by atoms with van der Waals surface area (Å²) in [6.45, 7) is 1.78. The third kappa shape index (κ3) is 2.59. The monoisotopic (exact) mass is 261 g/mol. The van der Waals surface area contributed by atoms with Crippen molar-refractivity contribution in [3.05, 3.63) is 41.9 Å². The second kappa shape index (κ2) is 5.30. The number of aromatic nitrogens is 3. The molecule has 0 bridgehead atoms. The minimum absolute atomic E-state index is 0.147. The molecule has 0 aliphatic heterocycles. The lowest BCUT2D eigenvalue weighted by Crippen LogP contribution is -2.11. The molecule has 98 valence electrons. The first kappa shape index (κ1) is 12.7. The number of pyridine rings is 1. The number of carboxylic acid groups (broad SMARTS) is 1. The maximum atomic E-state index is 11.6. The lowest BCUT2D eigenvalue weighted by Gasteiger charge is -1.99. The van der Waals surface area contributed by atoms with Crippen molar-refractivity contribution in [2.75, 3.05) is 6.61 Å². The van der Waals surface area contributed by atoms with Crippen molar-refractivity contribution in [2.24, 2.45) is 0 Å². The van der Waals surface area contributed by atoms with Gasteiger partial charge in [0.15, 0.2) is 11.5 Å². The first-order chi connectivity index (χ1) is 9.13. The van der Waals surface area contributed by atoms with Gasteiger partial charge in [-0.2, -0.15) is 5.10 Å². The predicted molar refractivity (Wildman–Crippen MR) is 64.3 cm³/mol. The van der Waals surface area contributed by atoms with Crippen LogP contribution >= 0.6 is 0 Å². The van der Waals surface area contributed by atoms with Gasteiger partial charge in [0.25, 0.3) is 0 Å². The van der Waals surface area contributed by atoms with E-state index in [2.05, 4.69) is 10.1 Å². The summed E-state index contributed by atoms with van der Waals surface area (Å²) in [5.41, 5.74) is -0.455. The van der Waals surface area contributed by atoms with E-state index in [9.17, 15) is 9.59 Å². The Kier molecular flexibility index (Phi) is 3.56. The second-order valence-electron chi connectivity index (χ2n) is 3.55. The molecule has 0 atom stereocenters. The van der Waals surface area contributed by atoms with Gasteiger partial charge in [-0.25, -0.2) is 19.3 Å². The van der Waals surface area contributed by atoms with Gasteiger partial charge in [0.2, 0.25) is 0 Å². The van der Waals surface area contributed by atoms with E-state index in [0.717, 1.165) is 0 Å².